The minimum atomic E-state index is -0.0574. The highest BCUT2D eigenvalue weighted by molar-refractivity contribution is 7.99. The van der Waals surface area contributed by atoms with E-state index in [2.05, 4.69) is 20.8 Å². The van der Waals surface area contributed by atoms with Crippen molar-refractivity contribution in [1.29, 1.82) is 0 Å². The van der Waals surface area contributed by atoms with Gasteiger partial charge in [-0.3, -0.25) is 4.79 Å². The Hall–Kier alpha value is -1.60. The van der Waals surface area contributed by atoms with E-state index in [4.69, 9.17) is 11.6 Å². The lowest BCUT2D eigenvalue weighted by molar-refractivity contribution is -0.115. The third-order valence-electron chi connectivity index (χ3n) is 2.68. The molecule has 1 aromatic heterocycles. The maximum Gasteiger partial charge on any atom is 0.225 e. The summed E-state index contributed by atoms with van der Waals surface area (Å²) in [4.78, 5) is 11.9. The number of nitrogens with zero attached hydrogens (tertiary/aromatic N) is 4. The van der Waals surface area contributed by atoms with Crippen LogP contribution in [0.4, 0.5) is 5.69 Å². The van der Waals surface area contributed by atoms with Crippen molar-refractivity contribution in [3.8, 4) is 0 Å². The van der Waals surface area contributed by atoms with Crippen molar-refractivity contribution in [3.63, 3.8) is 0 Å². The van der Waals surface area contributed by atoms with E-state index in [1.807, 2.05) is 19.1 Å². The van der Waals surface area contributed by atoms with Gasteiger partial charge in [0.2, 0.25) is 11.1 Å². The number of halogens is 1. The Kier molecular flexibility index (Phi) is 4.97. The van der Waals surface area contributed by atoms with Crippen LogP contribution in [0.3, 0.4) is 0 Å². The van der Waals surface area contributed by atoms with Gasteiger partial charge in [-0.05, 0) is 35.0 Å². The Morgan fingerprint density at radius 1 is 1.50 bits per heavy atom. The third kappa shape index (κ3) is 3.71. The van der Waals surface area contributed by atoms with Gasteiger partial charge in [0.15, 0.2) is 0 Å². The molecule has 106 valence electrons. The highest BCUT2D eigenvalue weighted by atomic mass is 35.5. The van der Waals surface area contributed by atoms with Crippen molar-refractivity contribution in [1.82, 2.24) is 20.2 Å². The molecule has 0 aliphatic carbocycles. The van der Waals surface area contributed by atoms with Crippen molar-refractivity contribution in [2.24, 2.45) is 7.05 Å². The van der Waals surface area contributed by atoms with E-state index in [-0.39, 0.29) is 5.91 Å². The van der Waals surface area contributed by atoms with Gasteiger partial charge >= 0.3 is 0 Å². The number of hydrogen-bond acceptors (Lipinski definition) is 5. The number of amides is 1. The summed E-state index contributed by atoms with van der Waals surface area (Å²) in [5, 5.41) is 15.3. The Morgan fingerprint density at radius 3 is 3.00 bits per heavy atom. The van der Waals surface area contributed by atoms with Crippen LogP contribution in [-0.4, -0.2) is 31.9 Å². The topological polar surface area (TPSA) is 72.7 Å². The fourth-order valence-corrected chi connectivity index (χ4v) is 2.50. The second-order valence-electron chi connectivity index (χ2n) is 4.14. The zero-order chi connectivity index (χ0) is 14.5. The van der Waals surface area contributed by atoms with Gasteiger partial charge in [0.25, 0.3) is 0 Å². The molecule has 0 atom stereocenters. The van der Waals surface area contributed by atoms with E-state index in [9.17, 15) is 4.79 Å². The molecule has 0 fully saturated rings. The van der Waals surface area contributed by atoms with Gasteiger partial charge in [-0.25, -0.2) is 4.68 Å². The second kappa shape index (κ2) is 6.71. The van der Waals surface area contributed by atoms with Crippen molar-refractivity contribution in [2.45, 2.75) is 18.5 Å². The van der Waals surface area contributed by atoms with Crippen LogP contribution in [0.5, 0.6) is 0 Å². The Labute approximate surface area is 125 Å². The van der Waals surface area contributed by atoms with Crippen molar-refractivity contribution in [2.75, 3.05) is 11.1 Å². The smallest absolute Gasteiger partial charge is 0.225 e. The van der Waals surface area contributed by atoms with Crippen LogP contribution in [0.2, 0.25) is 5.02 Å². The van der Waals surface area contributed by atoms with Crippen LogP contribution >= 0.6 is 23.4 Å². The molecule has 2 rings (SSSR count). The number of carbonyl (C=O) groups excluding carboxylic acids is 1. The number of hydrogen-bond donors (Lipinski definition) is 1. The molecule has 0 aliphatic heterocycles. The summed E-state index contributed by atoms with van der Waals surface area (Å²) < 4.78 is 1.57. The Balaban J connectivity index is 1.84. The first-order chi connectivity index (χ1) is 9.58. The molecule has 0 aliphatic rings. The summed E-state index contributed by atoms with van der Waals surface area (Å²) >= 11 is 7.45. The summed E-state index contributed by atoms with van der Waals surface area (Å²) in [6.07, 6.45) is 0.378. The van der Waals surface area contributed by atoms with E-state index in [0.717, 1.165) is 11.3 Å². The SMILES string of the molecule is Cc1c(Cl)cccc1NC(=O)CCSc1nnnn1C. The summed E-state index contributed by atoms with van der Waals surface area (Å²) in [5.41, 5.74) is 1.61. The van der Waals surface area contributed by atoms with Crippen molar-refractivity contribution in [3.05, 3.63) is 28.8 Å². The number of thioether (sulfide) groups is 1. The highest BCUT2D eigenvalue weighted by Gasteiger charge is 2.08. The van der Waals surface area contributed by atoms with E-state index in [0.29, 0.717) is 22.4 Å². The third-order valence-corrected chi connectivity index (χ3v) is 4.11. The van der Waals surface area contributed by atoms with E-state index in [1.54, 1.807) is 17.8 Å². The molecule has 1 amide bonds. The molecular formula is C12H14ClN5OS. The first-order valence-electron chi connectivity index (χ1n) is 5.98. The number of carbonyl (C=O) groups is 1. The zero-order valence-corrected chi connectivity index (χ0v) is 12.7. The van der Waals surface area contributed by atoms with Gasteiger partial charge in [0.1, 0.15) is 0 Å². The average molecular weight is 312 g/mol. The predicted molar refractivity (Wildman–Crippen MR) is 79.0 cm³/mol. The molecule has 0 spiro atoms. The van der Waals surface area contributed by atoms with Crippen LogP contribution in [0, 0.1) is 6.92 Å². The van der Waals surface area contributed by atoms with E-state index in [1.165, 1.54) is 11.8 Å². The van der Waals surface area contributed by atoms with Gasteiger partial charge < -0.3 is 5.32 Å². The molecule has 0 bridgehead atoms. The lowest BCUT2D eigenvalue weighted by atomic mass is 10.2. The molecule has 0 saturated heterocycles. The first kappa shape index (κ1) is 14.8. The Morgan fingerprint density at radius 2 is 2.30 bits per heavy atom. The maximum absolute atomic E-state index is 11.9. The minimum Gasteiger partial charge on any atom is -0.326 e. The van der Waals surface area contributed by atoms with Crippen LogP contribution in [0.25, 0.3) is 0 Å². The standard InChI is InChI=1S/C12H14ClN5OS/c1-8-9(13)4-3-5-10(8)14-11(19)6-7-20-12-15-16-17-18(12)2/h3-5H,6-7H2,1-2H3,(H,14,19). The van der Waals surface area contributed by atoms with Crippen molar-refractivity contribution >= 4 is 35.0 Å². The molecule has 6 nitrogen and oxygen atoms in total. The zero-order valence-electron chi connectivity index (χ0n) is 11.1. The van der Waals surface area contributed by atoms with E-state index < -0.39 is 0 Å². The van der Waals surface area contributed by atoms with Crippen LogP contribution in [-0.2, 0) is 11.8 Å². The van der Waals surface area contributed by atoms with Gasteiger partial charge in [0, 0.05) is 29.9 Å². The number of benzene rings is 1. The highest BCUT2D eigenvalue weighted by Crippen LogP contribution is 2.23. The largest absolute Gasteiger partial charge is 0.326 e. The number of rotatable bonds is 5. The molecular weight excluding hydrogens is 298 g/mol. The van der Waals surface area contributed by atoms with Crippen molar-refractivity contribution < 1.29 is 4.79 Å². The van der Waals surface area contributed by atoms with E-state index >= 15 is 0 Å². The number of anilines is 1. The van der Waals surface area contributed by atoms with Gasteiger partial charge in [-0.15, -0.1) is 5.10 Å². The lowest BCUT2D eigenvalue weighted by Crippen LogP contribution is -2.13. The maximum atomic E-state index is 11.9. The molecule has 0 saturated carbocycles. The summed E-state index contributed by atoms with van der Waals surface area (Å²) in [6.45, 7) is 1.87. The summed E-state index contributed by atoms with van der Waals surface area (Å²) in [6, 6.07) is 5.44. The van der Waals surface area contributed by atoms with Crippen LogP contribution in [0.1, 0.15) is 12.0 Å². The molecule has 8 heteroatoms. The molecule has 0 radical (unpaired) electrons. The Bertz CT molecular complexity index is 616. The molecule has 1 heterocycles. The fourth-order valence-electron chi connectivity index (χ4n) is 1.53. The number of aromatic nitrogens is 4. The van der Waals surface area contributed by atoms with Crippen LogP contribution < -0.4 is 5.32 Å². The van der Waals surface area contributed by atoms with Gasteiger partial charge in [-0.2, -0.15) is 0 Å². The lowest BCUT2D eigenvalue weighted by Gasteiger charge is -2.09. The molecule has 20 heavy (non-hydrogen) atoms. The summed E-state index contributed by atoms with van der Waals surface area (Å²) in [5.74, 6) is 0.553. The number of tetrazole rings is 1. The second-order valence-corrected chi connectivity index (χ2v) is 5.61. The monoisotopic (exact) mass is 311 g/mol. The molecule has 0 unspecified atom stereocenters. The molecule has 2 aromatic rings. The summed E-state index contributed by atoms with van der Waals surface area (Å²) in [7, 11) is 1.76. The fraction of sp³-hybridized carbons (Fsp3) is 0.333. The number of aryl methyl sites for hydroxylation is 1. The predicted octanol–water partition coefficient (Wildman–Crippen LogP) is 2.29. The quantitative estimate of drug-likeness (QED) is 0.858. The molecule has 1 N–H and O–H groups in total. The minimum absolute atomic E-state index is 0.0574. The molecule has 1 aromatic carbocycles. The number of nitrogens with one attached hydrogen (secondary N) is 1. The van der Waals surface area contributed by atoms with Gasteiger partial charge in [0.05, 0.1) is 0 Å². The average Bonchev–Trinajstić information content (AvgIpc) is 2.81. The normalized spacial score (nSPS) is 10.6. The van der Waals surface area contributed by atoms with Gasteiger partial charge in [-0.1, -0.05) is 29.4 Å². The van der Waals surface area contributed by atoms with Crippen LogP contribution in [0.15, 0.2) is 23.4 Å². The first-order valence-corrected chi connectivity index (χ1v) is 7.34.